The van der Waals surface area contributed by atoms with Crippen molar-refractivity contribution in [2.75, 3.05) is 25.1 Å². The molecule has 0 bridgehead atoms. The van der Waals surface area contributed by atoms with E-state index in [4.69, 9.17) is 21.1 Å². The number of rotatable bonds is 3. The molecule has 3 aromatic rings. The van der Waals surface area contributed by atoms with Crippen LogP contribution in [0.4, 0.5) is 15.1 Å². The molecule has 5 rings (SSSR count). The first-order valence-electron chi connectivity index (χ1n) is 12.2. The molecule has 2 atom stereocenters. The molecule has 0 spiro atoms. The molecule has 2 aliphatic heterocycles. The number of benzene rings is 1. The minimum absolute atomic E-state index is 0.234. The predicted molar refractivity (Wildman–Crippen MR) is 137 cm³/mol. The summed E-state index contributed by atoms with van der Waals surface area (Å²) in [5.74, 6) is -0.207. The number of fused-ring (bicyclic) bond motifs is 3. The van der Waals surface area contributed by atoms with Crippen molar-refractivity contribution in [3.8, 4) is 11.3 Å². The summed E-state index contributed by atoms with van der Waals surface area (Å²) in [4.78, 5) is 27.3. The average molecular weight is 530 g/mol. The molecule has 9 nitrogen and oxygen atoms in total. The number of carbonyl (C=O) groups excluding carboxylic acids is 1. The standard InChI is InChI=1S/C26H29ClFN5O4/c1-26(2,3)37-25(35)33-6-4-16-15(12-33)10-29-23-17(16)8-14(9-19(23)28)22-18(27)11-30-24(32-22)31-20-5-7-36-13-21(20)34/h8-11,20-21,34H,4-7,12-13H2,1-3H3,(H,30,31,32)/t20-,21-/m1/s1. The predicted octanol–water partition coefficient (Wildman–Crippen LogP) is 4.34. The van der Waals surface area contributed by atoms with Gasteiger partial charge in [0.1, 0.15) is 16.9 Å². The van der Waals surface area contributed by atoms with Crippen LogP contribution >= 0.6 is 11.6 Å². The normalized spacial score (nSPS) is 20.0. The van der Waals surface area contributed by atoms with Gasteiger partial charge in [-0.15, -0.1) is 0 Å². The highest BCUT2D eigenvalue weighted by Crippen LogP contribution is 2.34. The van der Waals surface area contributed by atoms with Gasteiger partial charge in [0.15, 0.2) is 0 Å². The molecule has 0 radical (unpaired) electrons. The Hall–Kier alpha value is -3.08. The number of pyridine rings is 1. The third kappa shape index (κ3) is 5.46. The van der Waals surface area contributed by atoms with Crippen molar-refractivity contribution in [2.45, 2.75) is 57.9 Å². The summed E-state index contributed by atoms with van der Waals surface area (Å²) in [6, 6.07) is 2.92. The Balaban J connectivity index is 1.47. The minimum atomic E-state index is -0.688. The number of ether oxygens (including phenoxy) is 2. The van der Waals surface area contributed by atoms with E-state index < -0.39 is 17.5 Å². The maximum Gasteiger partial charge on any atom is 0.410 e. The fraction of sp³-hybridized carbons (Fsp3) is 0.462. The summed E-state index contributed by atoms with van der Waals surface area (Å²) in [6.45, 7) is 7.01. The van der Waals surface area contributed by atoms with Crippen molar-refractivity contribution < 1.29 is 23.8 Å². The highest BCUT2D eigenvalue weighted by atomic mass is 35.5. The number of aliphatic hydroxyl groups is 1. The van der Waals surface area contributed by atoms with Crippen molar-refractivity contribution in [3.63, 3.8) is 0 Å². The lowest BCUT2D eigenvalue weighted by Gasteiger charge is -2.31. The molecule has 2 aromatic heterocycles. The van der Waals surface area contributed by atoms with Crippen molar-refractivity contribution >= 4 is 34.5 Å². The summed E-state index contributed by atoms with van der Waals surface area (Å²) in [5, 5.41) is 14.2. The Labute approximate surface area is 219 Å². The molecule has 37 heavy (non-hydrogen) atoms. The van der Waals surface area contributed by atoms with Gasteiger partial charge in [-0.25, -0.2) is 19.2 Å². The second-order valence-electron chi connectivity index (χ2n) is 10.3. The third-order valence-electron chi connectivity index (χ3n) is 6.43. The number of aliphatic hydroxyl groups excluding tert-OH is 1. The third-order valence-corrected chi connectivity index (χ3v) is 6.71. The second kappa shape index (κ2) is 10.00. The van der Waals surface area contributed by atoms with Crippen LogP contribution in [0.1, 0.15) is 38.3 Å². The summed E-state index contributed by atoms with van der Waals surface area (Å²) in [6.07, 6.45) is 3.13. The van der Waals surface area contributed by atoms with Gasteiger partial charge in [-0.2, -0.15) is 0 Å². The van der Waals surface area contributed by atoms with E-state index >= 15 is 4.39 Å². The number of aromatic nitrogens is 3. The maximum atomic E-state index is 15.3. The fourth-order valence-corrected chi connectivity index (χ4v) is 4.83. The number of nitrogens with one attached hydrogen (secondary N) is 1. The fourth-order valence-electron chi connectivity index (χ4n) is 4.63. The molecular weight excluding hydrogens is 501 g/mol. The van der Waals surface area contributed by atoms with Crippen LogP contribution in [0.25, 0.3) is 22.2 Å². The summed E-state index contributed by atoms with van der Waals surface area (Å²) >= 11 is 6.44. The van der Waals surface area contributed by atoms with Gasteiger partial charge in [-0.1, -0.05) is 11.6 Å². The number of hydrogen-bond acceptors (Lipinski definition) is 8. The van der Waals surface area contributed by atoms with Gasteiger partial charge in [0.2, 0.25) is 5.95 Å². The monoisotopic (exact) mass is 529 g/mol. The maximum absolute atomic E-state index is 15.3. The molecule has 1 fully saturated rings. The zero-order chi connectivity index (χ0) is 26.3. The molecule has 0 saturated carbocycles. The number of carbonyl (C=O) groups is 1. The van der Waals surface area contributed by atoms with Gasteiger partial charge >= 0.3 is 6.09 Å². The lowest BCUT2D eigenvalue weighted by atomic mass is 9.95. The molecule has 1 saturated heterocycles. The van der Waals surface area contributed by atoms with Crippen LogP contribution in [0, 0.1) is 5.82 Å². The van der Waals surface area contributed by atoms with Gasteiger partial charge in [-0.05, 0) is 56.9 Å². The highest BCUT2D eigenvalue weighted by Gasteiger charge is 2.28. The van der Waals surface area contributed by atoms with E-state index in [-0.39, 0.29) is 35.2 Å². The molecule has 2 aliphatic rings. The van der Waals surface area contributed by atoms with E-state index in [1.807, 2.05) is 26.8 Å². The van der Waals surface area contributed by atoms with Crippen LogP contribution in [0.2, 0.25) is 5.02 Å². The van der Waals surface area contributed by atoms with Crippen molar-refractivity contribution in [2.24, 2.45) is 0 Å². The first-order chi connectivity index (χ1) is 17.6. The Bertz CT molecular complexity index is 1350. The lowest BCUT2D eigenvalue weighted by Crippen LogP contribution is -2.42. The number of anilines is 1. The van der Waals surface area contributed by atoms with E-state index in [1.165, 1.54) is 12.3 Å². The lowest BCUT2D eigenvalue weighted by molar-refractivity contribution is -0.0136. The molecule has 1 amide bonds. The van der Waals surface area contributed by atoms with Crippen LogP contribution in [-0.4, -0.2) is 68.6 Å². The quantitative estimate of drug-likeness (QED) is 0.515. The van der Waals surface area contributed by atoms with Crippen molar-refractivity contribution in [1.29, 1.82) is 0 Å². The first-order valence-corrected chi connectivity index (χ1v) is 12.6. The highest BCUT2D eigenvalue weighted by molar-refractivity contribution is 6.33. The topological polar surface area (TPSA) is 110 Å². The van der Waals surface area contributed by atoms with E-state index in [0.29, 0.717) is 49.2 Å². The molecule has 1 aromatic carbocycles. The van der Waals surface area contributed by atoms with Gasteiger partial charge in [0.25, 0.3) is 0 Å². The zero-order valence-corrected chi connectivity index (χ0v) is 21.7. The molecule has 4 heterocycles. The Kier molecular flexibility index (Phi) is 6.91. The largest absolute Gasteiger partial charge is 0.444 e. The molecule has 2 N–H and O–H groups in total. The van der Waals surface area contributed by atoms with Crippen LogP contribution in [0.15, 0.2) is 24.5 Å². The average Bonchev–Trinajstić information content (AvgIpc) is 2.85. The molecule has 11 heteroatoms. The minimum Gasteiger partial charge on any atom is -0.444 e. The molecular formula is C26H29ClFN5O4. The van der Waals surface area contributed by atoms with Gasteiger partial charge in [0.05, 0.1) is 42.2 Å². The second-order valence-corrected chi connectivity index (χ2v) is 10.7. The number of hydrogen-bond donors (Lipinski definition) is 2. The van der Waals surface area contributed by atoms with E-state index in [0.717, 1.165) is 11.1 Å². The van der Waals surface area contributed by atoms with E-state index in [9.17, 15) is 9.90 Å². The van der Waals surface area contributed by atoms with Crippen LogP contribution in [-0.2, 0) is 22.4 Å². The summed E-state index contributed by atoms with van der Waals surface area (Å²) in [5.41, 5.74) is 2.28. The number of nitrogens with zero attached hydrogens (tertiary/aromatic N) is 4. The Morgan fingerprint density at radius 3 is 2.86 bits per heavy atom. The van der Waals surface area contributed by atoms with Gasteiger partial charge < -0.3 is 24.8 Å². The Morgan fingerprint density at radius 2 is 2.11 bits per heavy atom. The summed E-state index contributed by atoms with van der Waals surface area (Å²) in [7, 11) is 0. The smallest absolute Gasteiger partial charge is 0.410 e. The zero-order valence-electron chi connectivity index (χ0n) is 20.9. The van der Waals surface area contributed by atoms with Crippen molar-refractivity contribution in [1.82, 2.24) is 19.9 Å². The van der Waals surface area contributed by atoms with Gasteiger partial charge in [0, 0.05) is 30.3 Å². The number of amides is 1. The van der Waals surface area contributed by atoms with Crippen molar-refractivity contribution in [3.05, 3.63) is 46.5 Å². The van der Waals surface area contributed by atoms with E-state index in [1.54, 1.807) is 11.1 Å². The van der Waals surface area contributed by atoms with E-state index in [2.05, 4.69) is 20.3 Å². The first kappa shape index (κ1) is 25.6. The summed E-state index contributed by atoms with van der Waals surface area (Å²) < 4.78 is 26.0. The molecule has 0 aliphatic carbocycles. The SMILES string of the molecule is CC(C)(C)OC(=O)N1CCc2c(cnc3c(F)cc(-c4nc(N[C@@H]5CCOC[C@H]5O)ncc4Cl)cc23)C1. The van der Waals surface area contributed by atoms with Crippen LogP contribution in [0.5, 0.6) is 0 Å². The Morgan fingerprint density at radius 1 is 1.30 bits per heavy atom. The van der Waals surface area contributed by atoms with Crippen LogP contribution in [0.3, 0.4) is 0 Å². The molecule has 196 valence electrons. The van der Waals surface area contributed by atoms with Gasteiger partial charge in [-0.3, -0.25) is 4.98 Å². The number of halogens is 2. The molecule has 0 unspecified atom stereocenters. The van der Waals surface area contributed by atoms with Crippen LogP contribution < -0.4 is 5.32 Å².